The van der Waals surface area contributed by atoms with Crippen LogP contribution in [0, 0.1) is 0 Å². The van der Waals surface area contributed by atoms with Crippen LogP contribution in [-0.4, -0.2) is 42.0 Å². The molecule has 2 aromatic rings. The first kappa shape index (κ1) is 18.5. The Bertz CT molecular complexity index is 721. The molecule has 138 valence electrons. The van der Waals surface area contributed by atoms with Crippen LogP contribution >= 0.6 is 0 Å². The molecule has 0 aliphatic carbocycles. The first-order valence-corrected chi connectivity index (χ1v) is 9.50. The van der Waals surface area contributed by atoms with Gasteiger partial charge >= 0.3 is 6.03 Å². The minimum atomic E-state index is 0.00474. The summed E-state index contributed by atoms with van der Waals surface area (Å²) in [5.74, 6) is 0.384. The number of rotatable bonds is 4. The second-order valence-corrected chi connectivity index (χ2v) is 7.28. The van der Waals surface area contributed by atoms with Gasteiger partial charge < -0.3 is 10.2 Å². The number of nitrogens with one attached hydrogen (secondary N) is 1. The highest BCUT2D eigenvalue weighted by molar-refractivity contribution is 5.90. The van der Waals surface area contributed by atoms with Crippen molar-refractivity contribution in [2.75, 3.05) is 31.5 Å². The Morgan fingerprint density at radius 2 is 1.50 bits per heavy atom. The monoisotopic (exact) mass is 351 g/mol. The van der Waals surface area contributed by atoms with Crippen molar-refractivity contribution in [1.82, 2.24) is 9.80 Å². The van der Waals surface area contributed by atoms with Crippen molar-refractivity contribution >= 4 is 11.7 Å². The highest BCUT2D eigenvalue weighted by Gasteiger charge is 2.25. The topological polar surface area (TPSA) is 35.6 Å². The van der Waals surface area contributed by atoms with Crippen molar-refractivity contribution in [2.45, 2.75) is 32.7 Å². The Morgan fingerprint density at radius 1 is 0.885 bits per heavy atom. The van der Waals surface area contributed by atoms with Gasteiger partial charge in [-0.2, -0.15) is 0 Å². The van der Waals surface area contributed by atoms with E-state index in [-0.39, 0.29) is 6.03 Å². The molecule has 1 aliphatic heterocycles. The molecule has 26 heavy (non-hydrogen) atoms. The van der Waals surface area contributed by atoms with Gasteiger partial charge in [0, 0.05) is 37.9 Å². The van der Waals surface area contributed by atoms with Crippen molar-refractivity contribution in [1.29, 1.82) is 0 Å². The molecule has 2 aromatic carbocycles. The van der Waals surface area contributed by atoms with E-state index in [9.17, 15) is 4.79 Å². The van der Waals surface area contributed by atoms with Gasteiger partial charge in [-0.15, -0.1) is 0 Å². The van der Waals surface area contributed by atoms with Crippen LogP contribution in [0.25, 0.3) is 0 Å². The Labute approximate surface area is 156 Å². The average Bonchev–Trinajstić information content (AvgIpc) is 2.68. The second kappa shape index (κ2) is 8.37. The molecule has 4 heteroatoms. The first-order chi connectivity index (χ1) is 12.6. The fraction of sp³-hybridized carbons (Fsp3) is 0.409. The highest BCUT2D eigenvalue weighted by Crippen LogP contribution is 2.25. The van der Waals surface area contributed by atoms with E-state index in [1.807, 2.05) is 29.2 Å². The Balaban J connectivity index is 1.57. The van der Waals surface area contributed by atoms with E-state index >= 15 is 0 Å². The van der Waals surface area contributed by atoms with E-state index in [1.165, 1.54) is 11.1 Å². The SMILES string of the molecule is CC(C)c1ccccc1NC(=O)N1CCN(C(C)c2ccccc2)CC1. The molecule has 0 spiro atoms. The average molecular weight is 351 g/mol. The zero-order valence-electron chi connectivity index (χ0n) is 16.0. The molecular weight excluding hydrogens is 322 g/mol. The first-order valence-electron chi connectivity index (χ1n) is 9.50. The molecule has 1 fully saturated rings. The van der Waals surface area contributed by atoms with Gasteiger partial charge in [0.15, 0.2) is 0 Å². The lowest BCUT2D eigenvalue weighted by Crippen LogP contribution is -2.50. The van der Waals surface area contributed by atoms with Gasteiger partial charge in [-0.3, -0.25) is 4.90 Å². The quantitative estimate of drug-likeness (QED) is 0.865. The summed E-state index contributed by atoms with van der Waals surface area (Å²) in [6, 6.07) is 19.0. The molecule has 2 amide bonds. The van der Waals surface area contributed by atoms with Crippen LogP contribution < -0.4 is 5.32 Å². The molecule has 3 rings (SSSR count). The third-order valence-corrected chi connectivity index (χ3v) is 5.26. The van der Waals surface area contributed by atoms with Crippen LogP contribution in [0.3, 0.4) is 0 Å². The summed E-state index contributed by atoms with van der Waals surface area (Å²) < 4.78 is 0. The summed E-state index contributed by atoms with van der Waals surface area (Å²) in [6.07, 6.45) is 0. The lowest BCUT2D eigenvalue weighted by Gasteiger charge is -2.38. The Kier molecular flexibility index (Phi) is 5.94. The van der Waals surface area contributed by atoms with Crippen LogP contribution in [-0.2, 0) is 0 Å². The fourth-order valence-electron chi connectivity index (χ4n) is 3.56. The molecule has 1 aliphatic rings. The maximum Gasteiger partial charge on any atom is 0.321 e. The predicted octanol–water partition coefficient (Wildman–Crippen LogP) is 4.72. The van der Waals surface area contributed by atoms with E-state index in [2.05, 4.69) is 61.3 Å². The summed E-state index contributed by atoms with van der Waals surface area (Å²) in [5.41, 5.74) is 3.43. The summed E-state index contributed by atoms with van der Waals surface area (Å²) in [4.78, 5) is 17.1. The van der Waals surface area contributed by atoms with Crippen molar-refractivity contribution in [3.8, 4) is 0 Å². The smallest absolute Gasteiger partial charge is 0.321 e. The number of carbonyl (C=O) groups is 1. The largest absolute Gasteiger partial charge is 0.322 e. The number of urea groups is 1. The highest BCUT2D eigenvalue weighted by atomic mass is 16.2. The molecule has 0 radical (unpaired) electrons. The number of para-hydroxylation sites is 1. The Hall–Kier alpha value is -2.33. The Morgan fingerprint density at radius 3 is 2.15 bits per heavy atom. The molecule has 0 aromatic heterocycles. The summed E-state index contributed by atoms with van der Waals surface area (Å²) >= 11 is 0. The minimum Gasteiger partial charge on any atom is -0.322 e. The minimum absolute atomic E-state index is 0.00474. The van der Waals surface area contributed by atoms with Crippen molar-refractivity contribution in [3.05, 3.63) is 65.7 Å². The molecule has 1 heterocycles. The molecule has 1 N–H and O–H groups in total. The maximum absolute atomic E-state index is 12.7. The summed E-state index contributed by atoms with van der Waals surface area (Å²) in [5, 5.41) is 3.11. The molecule has 4 nitrogen and oxygen atoms in total. The van der Waals surface area contributed by atoms with E-state index in [0.717, 1.165) is 31.9 Å². The molecule has 0 saturated carbocycles. The third-order valence-electron chi connectivity index (χ3n) is 5.26. The number of piperazine rings is 1. The molecule has 1 unspecified atom stereocenters. The van der Waals surface area contributed by atoms with Gasteiger partial charge in [0.25, 0.3) is 0 Å². The number of benzene rings is 2. The molecule has 0 bridgehead atoms. The number of anilines is 1. The lowest BCUT2D eigenvalue weighted by molar-refractivity contribution is 0.119. The van der Waals surface area contributed by atoms with Gasteiger partial charge in [0.2, 0.25) is 0 Å². The number of amides is 2. The van der Waals surface area contributed by atoms with Gasteiger partial charge in [0.05, 0.1) is 0 Å². The van der Waals surface area contributed by atoms with Crippen LogP contribution in [0.5, 0.6) is 0 Å². The molecular formula is C22H29N3O. The molecule has 1 atom stereocenters. The normalized spacial score (nSPS) is 16.5. The number of hydrogen-bond acceptors (Lipinski definition) is 2. The van der Waals surface area contributed by atoms with Crippen molar-refractivity contribution in [3.63, 3.8) is 0 Å². The van der Waals surface area contributed by atoms with Crippen molar-refractivity contribution < 1.29 is 4.79 Å². The third kappa shape index (κ3) is 4.25. The number of hydrogen-bond donors (Lipinski definition) is 1. The van der Waals surface area contributed by atoms with Crippen LogP contribution in [0.15, 0.2) is 54.6 Å². The van der Waals surface area contributed by atoms with Gasteiger partial charge in [0.1, 0.15) is 0 Å². The zero-order valence-corrected chi connectivity index (χ0v) is 16.0. The lowest BCUT2D eigenvalue weighted by atomic mass is 10.0. The zero-order chi connectivity index (χ0) is 18.5. The van der Waals surface area contributed by atoms with Gasteiger partial charge in [-0.25, -0.2) is 4.79 Å². The van der Waals surface area contributed by atoms with Crippen LogP contribution in [0.2, 0.25) is 0 Å². The summed E-state index contributed by atoms with van der Waals surface area (Å²) in [7, 11) is 0. The number of carbonyl (C=O) groups excluding carboxylic acids is 1. The standard InChI is InChI=1S/C22H29N3O/c1-17(2)20-11-7-8-12-21(20)23-22(26)25-15-13-24(14-16-25)18(3)19-9-5-4-6-10-19/h4-12,17-18H,13-16H2,1-3H3,(H,23,26). The second-order valence-electron chi connectivity index (χ2n) is 7.28. The fourth-order valence-corrected chi connectivity index (χ4v) is 3.56. The molecule has 1 saturated heterocycles. The van der Waals surface area contributed by atoms with E-state index in [4.69, 9.17) is 0 Å². The van der Waals surface area contributed by atoms with Crippen LogP contribution in [0.1, 0.15) is 43.9 Å². The predicted molar refractivity (Wildman–Crippen MR) is 108 cm³/mol. The van der Waals surface area contributed by atoms with Gasteiger partial charge in [-0.05, 0) is 30.0 Å². The summed E-state index contributed by atoms with van der Waals surface area (Å²) in [6.45, 7) is 9.84. The van der Waals surface area contributed by atoms with Gasteiger partial charge in [-0.1, -0.05) is 62.4 Å². The van der Waals surface area contributed by atoms with E-state index < -0.39 is 0 Å². The van der Waals surface area contributed by atoms with E-state index in [0.29, 0.717) is 12.0 Å². The number of nitrogens with zero attached hydrogens (tertiary/aromatic N) is 2. The maximum atomic E-state index is 12.7. The van der Waals surface area contributed by atoms with E-state index in [1.54, 1.807) is 0 Å². The van der Waals surface area contributed by atoms with Crippen molar-refractivity contribution in [2.24, 2.45) is 0 Å². The van der Waals surface area contributed by atoms with Crippen LogP contribution in [0.4, 0.5) is 10.5 Å².